The molecule has 2 heterocycles. The lowest BCUT2D eigenvalue weighted by Gasteiger charge is -2.31. The van der Waals surface area contributed by atoms with Gasteiger partial charge in [-0.3, -0.25) is 10.1 Å². The van der Waals surface area contributed by atoms with Crippen LogP contribution < -0.4 is 4.90 Å². The van der Waals surface area contributed by atoms with E-state index >= 15 is 0 Å². The largest absolute Gasteiger partial charge is 0.314 e. The minimum absolute atomic E-state index is 0.0506. The number of rotatable bonds is 5. The summed E-state index contributed by atoms with van der Waals surface area (Å²) in [5.74, 6) is 0. The predicted molar refractivity (Wildman–Crippen MR) is 94.3 cm³/mol. The molecule has 1 aromatic carbocycles. The first-order valence-electron chi connectivity index (χ1n) is 8.38. The molecule has 1 aliphatic rings. The van der Waals surface area contributed by atoms with E-state index in [-0.39, 0.29) is 5.69 Å². The van der Waals surface area contributed by atoms with E-state index in [1.165, 1.54) is 4.31 Å². The number of benzene rings is 1. The van der Waals surface area contributed by atoms with E-state index < -0.39 is 14.9 Å². The van der Waals surface area contributed by atoms with Gasteiger partial charge in [0.2, 0.25) is 10.0 Å². The summed E-state index contributed by atoms with van der Waals surface area (Å²) in [5.41, 5.74) is 0.978. The Morgan fingerprint density at radius 2 is 1.81 bits per heavy atom. The molecule has 1 aromatic heterocycles. The van der Waals surface area contributed by atoms with Crippen molar-refractivity contribution in [2.75, 3.05) is 26.2 Å². The number of hydrogen-bond acceptors (Lipinski definition) is 5. The number of nitro groups is 1. The lowest BCUT2D eigenvalue weighted by Crippen LogP contribution is -3.14. The predicted octanol–water partition coefficient (Wildman–Crippen LogP) is -0.0450. The molecule has 10 heteroatoms. The van der Waals surface area contributed by atoms with Crippen molar-refractivity contribution < 1.29 is 18.2 Å². The van der Waals surface area contributed by atoms with Crippen molar-refractivity contribution in [1.29, 1.82) is 0 Å². The summed E-state index contributed by atoms with van der Waals surface area (Å²) in [4.78, 5) is 12.1. The molecule has 0 saturated carbocycles. The molecule has 1 saturated heterocycles. The number of aryl methyl sites for hydroxylation is 1. The normalized spacial score (nSPS) is 16.7. The van der Waals surface area contributed by atoms with Crippen LogP contribution >= 0.6 is 0 Å². The SMILES string of the molecule is Cc1nn(C[NH+]2CCN(S(=O)(=O)c3ccccc3)CC2)c(C)c1[N+](=O)[O-]. The third-order valence-electron chi connectivity index (χ3n) is 4.71. The highest BCUT2D eigenvalue weighted by Gasteiger charge is 2.31. The molecule has 2 aromatic rings. The number of nitrogens with zero attached hydrogens (tertiary/aromatic N) is 4. The lowest BCUT2D eigenvalue weighted by atomic mass is 10.3. The molecule has 26 heavy (non-hydrogen) atoms. The van der Waals surface area contributed by atoms with Crippen LogP contribution in [0, 0.1) is 24.0 Å². The van der Waals surface area contributed by atoms with Gasteiger partial charge in [0.15, 0.2) is 6.67 Å². The van der Waals surface area contributed by atoms with E-state index in [4.69, 9.17) is 0 Å². The van der Waals surface area contributed by atoms with Crippen molar-refractivity contribution in [2.45, 2.75) is 25.4 Å². The van der Waals surface area contributed by atoms with Gasteiger partial charge >= 0.3 is 5.69 Å². The molecule has 140 valence electrons. The Kier molecular flexibility index (Phi) is 5.08. The van der Waals surface area contributed by atoms with Crippen LogP contribution in [0.2, 0.25) is 0 Å². The minimum Gasteiger partial charge on any atom is -0.314 e. The van der Waals surface area contributed by atoms with Crippen LogP contribution in [0.1, 0.15) is 11.4 Å². The Bertz CT molecular complexity index is 902. The smallest absolute Gasteiger partial charge is 0.312 e. The van der Waals surface area contributed by atoms with Crippen LogP contribution in [-0.4, -0.2) is 53.6 Å². The van der Waals surface area contributed by atoms with E-state index in [9.17, 15) is 18.5 Å². The van der Waals surface area contributed by atoms with E-state index in [1.54, 1.807) is 48.9 Å². The molecule has 1 N–H and O–H groups in total. The molecule has 1 aliphatic heterocycles. The zero-order valence-electron chi connectivity index (χ0n) is 14.8. The fourth-order valence-electron chi connectivity index (χ4n) is 3.26. The second-order valence-corrected chi connectivity index (χ2v) is 8.34. The maximum absolute atomic E-state index is 12.7. The van der Waals surface area contributed by atoms with Crippen molar-refractivity contribution in [3.8, 4) is 0 Å². The molecule has 3 rings (SSSR count). The van der Waals surface area contributed by atoms with Crippen LogP contribution in [0.15, 0.2) is 35.2 Å². The summed E-state index contributed by atoms with van der Waals surface area (Å²) in [6.07, 6.45) is 0. The Morgan fingerprint density at radius 3 is 2.35 bits per heavy atom. The molecule has 0 amide bonds. The molecular formula is C16H22N5O4S+. The Labute approximate surface area is 152 Å². The third-order valence-corrected chi connectivity index (χ3v) is 6.62. The van der Waals surface area contributed by atoms with Crippen molar-refractivity contribution in [3.05, 3.63) is 51.8 Å². The number of quaternary nitrogens is 1. The average Bonchev–Trinajstić information content (AvgIpc) is 2.90. The van der Waals surface area contributed by atoms with Crippen molar-refractivity contribution >= 4 is 15.7 Å². The van der Waals surface area contributed by atoms with Crippen LogP contribution in [-0.2, 0) is 16.7 Å². The Balaban J connectivity index is 1.66. The van der Waals surface area contributed by atoms with Gasteiger partial charge in [0, 0.05) is 0 Å². The molecule has 1 fully saturated rings. The molecular weight excluding hydrogens is 358 g/mol. The molecule has 0 unspecified atom stereocenters. The van der Waals surface area contributed by atoms with E-state index in [1.807, 2.05) is 0 Å². The van der Waals surface area contributed by atoms with Gasteiger partial charge in [0.25, 0.3) is 0 Å². The summed E-state index contributed by atoms with van der Waals surface area (Å²) in [6, 6.07) is 8.41. The minimum atomic E-state index is -3.47. The number of piperazine rings is 1. The molecule has 9 nitrogen and oxygen atoms in total. The maximum atomic E-state index is 12.7. The molecule has 0 bridgehead atoms. The van der Waals surface area contributed by atoms with Crippen LogP contribution in [0.3, 0.4) is 0 Å². The highest BCUT2D eigenvalue weighted by atomic mass is 32.2. The van der Waals surface area contributed by atoms with Crippen LogP contribution in [0.4, 0.5) is 5.69 Å². The summed E-state index contributed by atoms with van der Waals surface area (Å²) in [6.45, 7) is 5.87. The summed E-state index contributed by atoms with van der Waals surface area (Å²) < 4.78 is 28.4. The van der Waals surface area contributed by atoms with E-state index in [2.05, 4.69) is 5.10 Å². The highest BCUT2D eigenvalue weighted by Crippen LogP contribution is 2.21. The average molecular weight is 380 g/mol. The quantitative estimate of drug-likeness (QED) is 0.579. The Hall–Kier alpha value is -2.30. The fourth-order valence-corrected chi connectivity index (χ4v) is 4.72. The van der Waals surface area contributed by atoms with Crippen LogP contribution in [0.5, 0.6) is 0 Å². The summed E-state index contributed by atoms with van der Waals surface area (Å²) in [7, 11) is -3.47. The molecule has 0 aliphatic carbocycles. The first-order valence-corrected chi connectivity index (χ1v) is 9.82. The molecule has 0 spiro atoms. The topological polar surface area (TPSA) is 103 Å². The summed E-state index contributed by atoms with van der Waals surface area (Å²) >= 11 is 0. The second kappa shape index (κ2) is 7.14. The number of aromatic nitrogens is 2. The van der Waals surface area contributed by atoms with Crippen molar-refractivity contribution in [2.24, 2.45) is 0 Å². The summed E-state index contributed by atoms with van der Waals surface area (Å²) in [5, 5.41) is 15.4. The highest BCUT2D eigenvalue weighted by molar-refractivity contribution is 7.89. The van der Waals surface area contributed by atoms with Gasteiger partial charge in [-0.25, -0.2) is 13.1 Å². The van der Waals surface area contributed by atoms with E-state index in [0.29, 0.717) is 49.1 Å². The van der Waals surface area contributed by atoms with E-state index in [0.717, 1.165) is 4.90 Å². The Morgan fingerprint density at radius 1 is 1.19 bits per heavy atom. The zero-order valence-corrected chi connectivity index (χ0v) is 15.6. The van der Waals surface area contributed by atoms with Crippen molar-refractivity contribution in [1.82, 2.24) is 14.1 Å². The van der Waals surface area contributed by atoms with Gasteiger partial charge in [0.05, 0.1) is 36.0 Å². The molecule has 0 atom stereocenters. The fraction of sp³-hybridized carbons (Fsp3) is 0.438. The van der Waals surface area contributed by atoms with Gasteiger partial charge in [0.1, 0.15) is 11.4 Å². The third kappa shape index (κ3) is 3.48. The van der Waals surface area contributed by atoms with Crippen molar-refractivity contribution in [3.63, 3.8) is 0 Å². The monoisotopic (exact) mass is 380 g/mol. The van der Waals surface area contributed by atoms with Gasteiger partial charge in [-0.2, -0.15) is 9.40 Å². The number of nitrogens with one attached hydrogen (secondary N) is 1. The number of hydrogen-bond donors (Lipinski definition) is 1. The van der Waals surface area contributed by atoms with Crippen LogP contribution in [0.25, 0.3) is 0 Å². The zero-order chi connectivity index (χ0) is 18.9. The first kappa shape index (κ1) is 18.5. The van der Waals surface area contributed by atoms with Gasteiger partial charge < -0.3 is 4.90 Å². The van der Waals surface area contributed by atoms with Gasteiger partial charge in [-0.1, -0.05) is 18.2 Å². The number of sulfonamides is 1. The van der Waals surface area contributed by atoms with Gasteiger partial charge in [-0.05, 0) is 26.0 Å². The van der Waals surface area contributed by atoms with Gasteiger partial charge in [-0.15, -0.1) is 0 Å². The standard InChI is InChI=1S/C16H21N5O4S/c1-13-16(21(22)23)14(2)20(17-13)12-18-8-10-19(11-9-18)26(24,25)15-6-4-3-5-7-15/h3-7H,8-12H2,1-2H3/p+1. The first-order chi connectivity index (χ1) is 12.3. The molecule has 0 radical (unpaired) electrons. The maximum Gasteiger partial charge on any atom is 0.312 e. The second-order valence-electron chi connectivity index (χ2n) is 6.40. The lowest BCUT2D eigenvalue weighted by molar-refractivity contribution is -0.926.